The minimum atomic E-state index is -3.67. The molecular weight excluding hydrogens is 473 g/mol. The fourth-order valence-electron chi connectivity index (χ4n) is 3.37. The molecule has 158 valence electrons. The van der Waals surface area contributed by atoms with Crippen LogP contribution in [-0.2, 0) is 14.3 Å². The zero-order chi connectivity index (χ0) is 21.3. The van der Waals surface area contributed by atoms with E-state index in [4.69, 9.17) is 4.18 Å². The van der Waals surface area contributed by atoms with Crippen molar-refractivity contribution in [3.63, 3.8) is 0 Å². The quantitative estimate of drug-likeness (QED) is 0.618. The van der Waals surface area contributed by atoms with Crippen LogP contribution in [0.1, 0.15) is 16.8 Å². The number of aromatic amines is 1. The molecule has 0 spiro atoms. The molecule has 2 N–H and O–H groups in total. The number of H-pyrrole nitrogens is 1. The third-order valence-electron chi connectivity index (χ3n) is 4.73. The van der Waals surface area contributed by atoms with Crippen molar-refractivity contribution in [3.8, 4) is 0 Å². The fraction of sp³-hybridized carbons (Fsp3) is 0.412. The number of amides is 2. The number of halogens is 2. The van der Waals surface area contributed by atoms with Gasteiger partial charge in [0, 0.05) is 31.2 Å². The first-order valence-corrected chi connectivity index (χ1v) is 11.3. The van der Waals surface area contributed by atoms with Crippen molar-refractivity contribution in [2.75, 3.05) is 32.5 Å². The molecule has 2 amide bonds. The molecule has 1 atom stereocenters. The molecular formula is C17H19BrFN3O6S. The zero-order valence-corrected chi connectivity index (χ0v) is 17.8. The summed E-state index contributed by atoms with van der Waals surface area (Å²) in [4.78, 5) is 30.1. The summed E-state index contributed by atoms with van der Waals surface area (Å²) in [5.74, 6) is -1.07. The van der Waals surface area contributed by atoms with Crippen LogP contribution in [0.25, 0.3) is 10.9 Å². The van der Waals surface area contributed by atoms with Gasteiger partial charge in [0.15, 0.2) is 0 Å². The van der Waals surface area contributed by atoms with Crippen molar-refractivity contribution < 1.29 is 31.7 Å². The number of carboxylic acid groups (broad SMARTS) is 1. The minimum absolute atomic E-state index is 0.00107. The predicted molar refractivity (Wildman–Crippen MR) is 106 cm³/mol. The zero-order valence-electron chi connectivity index (χ0n) is 15.4. The first-order chi connectivity index (χ1) is 13.6. The maximum Gasteiger partial charge on any atom is 0.407 e. The molecule has 1 aliphatic rings. The summed E-state index contributed by atoms with van der Waals surface area (Å²) in [5.41, 5.74) is 0.568. The van der Waals surface area contributed by atoms with Gasteiger partial charge in [-0.25, -0.2) is 9.18 Å². The first kappa shape index (κ1) is 21.5. The van der Waals surface area contributed by atoms with Crippen LogP contribution in [0.4, 0.5) is 9.18 Å². The average molecular weight is 492 g/mol. The van der Waals surface area contributed by atoms with E-state index >= 15 is 0 Å². The smallest absolute Gasteiger partial charge is 0.407 e. The van der Waals surface area contributed by atoms with Crippen molar-refractivity contribution >= 4 is 49.0 Å². The number of piperazine rings is 1. The molecule has 0 radical (unpaired) electrons. The van der Waals surface area contributed by atoms with Crippen LogP contribution in [0.2, 0.25) is 0 Å². The molecule has 1 fully saturated rings. The number of benzene rings is 1. The Morgan fingerprint density at radius 3 is 2.79 bits per heavy atom. The number of carbonyl (C=O) groups is 2. The fourth-order valence-corrected chi connectivity index (χ4v) is 4.21. The minimum Gasteiger partial charge on any atom is -0.465 e. The van der Waals surface area contributed by atoms with E-state index in [9.17, 15) is 27.5 Å². The van der Waals surface area contributed by atoms with Crippen LogP contribution in [0.15, 0.2) is 22.8 Å². The Morgan fingerprint density at radius 1 is 1.41 bits per heavy atom. The van der Waals surface area contributed by atoms with Gasteiger partial charge in [0.25, 0.3) is 16.0 Å². The Morgan fingerprint density at radius 2 is 2.14 bits per heavy atom. The Bertz CT molecular complexity index is 1060. The molecule has 2 heterocycles. The number of rotatable bonds is 5. The molecule has 1 aliphatic heterocycles. The SMILES string of the molecule is CS(=O)(=O)OCC[C@H]1CN(C(=O)O)CCN1C(=O)c1cc(F)c(Br)c2cc[nH]c12. The normalized spacial score (nSPS) is 17.7. The van der Waals surface area contributed by atoms with E-state index in [2.05, 4.69) is 20.9 Å². The number of fused-ring (bicyclic) bond motifs is 1. The van der Waals surface area contributed by atoms with E-state index in [1.165, 1.54) is 4.90 Å². The Balaban J connectivity index is 1.89. The largest absolute Gasteiger partial charge is 0.465 e. The molecule has 1 aromatic carbocycles. The van der Waals surface area contributed by atoms with E-state index in [0.29, 0.717) is 10.9 Å². The predicted octanol–water partition coefficient (Wildman–Crippen LogP) is 2.24. The topological polar surface area (TPSA) is 120 Å². The van der Waals surface area contributed by atoms with Crippen LogP contribution in [0.5, 0.6) is 0 Å². The molecule has 0 aliphatic carbocycles. The molecule has 3 rings (SSSR count). The number of aromatic nitrogens is 1. The van der Waals surface area contributed by atoms with E-state index in [1.54, 1.807) is 12.3 Å². The van der Waals surface area contributed by atoms with E-state index in [-0.39, 0.29) is 42.7 Å². The van der Waals surface area contributed by atoms with Crippen molar-refractivity contribution in [2.45, 2.75) is 12.5 Å². The van der Waals surface area contributed by atoms with Crippen molar-refractivity contribution in [1.29, 1.82) is 0 Å². The summed E-state index contributed by atoms with van der Waals surface area (Å²) in [7, 11) is -3.67. The summed E-state index contributed by atoms with van der Waals surface area (Å²) in [5, 5.41) is 9.78. The summed E-state index contributed by atoms with van der Waals surface area (Å²) in [6, 6.07) is 2.14. The summed E-state index contributed by atoms with van der Waals surface area (Å²) < 4.78 is 41.7. The van der Waals surface area contributed by atoms with Crippen LogP contribution in [0, 0.1) is 5.82 Å². The van der Waals surface area contributed by atoms with Gasteiger partial charge in [-0.2, -0.15) is 8.42 Å². The molecule has 9 nitrogen and oxygen atoms in total. The third-order valence-corrected chi connectivity index (χ3v) is 6.13. The highest BCUT2D eigenvalue weighted by Crippen LogP contribution is 2.30. The van der Waals surface area contributed by atoms with Crippen LogP contribution >= 0.6 is 15.9 Å². The number of carbonyl (C=O) groups excluding carboxylic acids is 1. The Hall–Kier alpha value is -2.18. The molecule has 2 aromatic rings. The molecule has 0 bridgehead atoms. The lowest BCUT2D eigenvalue weighted by Gasteiger charge is -2.40. The number of nitrogens with zero attached hydrogens (tertiary/aromatic N) is 2. The highest BCUT2D eigenvalue weighted by molar-refractivity contribution is 9.10. The van der Waals surface area contributed by atoms with Gasteiger partial charge in [-0.05, 0) is 34.5 Å². The van der Waals surface area contributed by atoms with Gasteiger partial charge in [0.05, 0.1) is 34.5 Å². The molecule has 29 heavy (non-hydrogen) atoms. The summed E-state index contributed by atoms with van der Waals surface area (Å²) in [6.45, 7) is -0.0135. The first-order valence-electron chi connectivity index (χ1n) is 8.67. The maximum atomic E-state index is 14.3. The van der Waals surface area contributed by atoms with Crippen molar-refractivity contribution in [1.82, 2.24) is 14.8 Å². The number of hydrogen-bond donors (Lipinski definition) is 2. The number of nitrogens with one attached hydrogen (secondary N) is 1. The molecule has 0 unspecified atom stereocenters. The molecule has 12 heteroatoms. The van der Waals surface area contributed by atoms with E-state index < -0.39 is 34.0 Å². The van der Waals surface area contributed by atoms with Crippen LogP contribution in [0.3, 0.4) is 0 Å². The lowest BCUT2D eigenvalue weighted by Crippen LogP contribution is -2.56. The second kappa shape index (κ2) is 8.28. The van der Waals surface area contributed by atoms with E-state index in [1.807, 2.05) is 0 Å². The maximum absolute atomic E-state index is 14.3. The summed E-state index contributed by atoms with van der Waals surface area (Å²) in [6.07, 6.45) is 1.47. The number of hydrogen-bond acceptors (Lipinski definition) is 5. The van der Waals surface area contributed by atoms with Gasteiger partial charge in [-0.1, -0.05) is 0 Å². The molecule has 1 saturated heterocycles. The second-order valence-corrected chi connectivity index (χ2v) is 9.12. The van der Waals surface area contributed by atoms with Gasteiger partial charge in [0.1, 0.15) is 5.82 Å². The van der Waals surface area contributed by atoms with E-state index in [0.717, 1.165) is 17.2 Å². The van der Waals surface area contributed by atoms with Crippen molar-refractivity contribution in [3.05, 3.63) is 34.2 Å². The van der Waals surface area contributed by atoms with Crippen LogP contribution < -0.4 is 0 Å². The van der Waals surface area contributed by atoms with Gasteiger partial charge < -0.3 is 19.9 Å². The Kier molecular flexibility index (Phi) is 6.15. The summed E-state index contributed by atoms with van der Waals surface area (Å²) >= 11 is 3.16. The highest BCUT2D eigenvalue weighted by atomic mass is 79.9. The van der Waals surface area contributed by atoms with Gasteiger partial charge >= 0.3 is 6.09 Å². The second-order valence-electron chi connectivity index (χ2n) is 6.68. The monoisotopic (exact) mass is 491 g/mol. The lowest BCUT2D eigenvalue weighted by atomic mass is 10.0. The van der Waals surface area contributed by atoms with Gasteiger partial charge in [-0.15, -0.1) is 0 Å². The van der Waals surface area contributed by atoms with Gasteiger partial charge in [0.2, 0.25) is 0 Å². The lowest BCUT2D eigenvalue weighted by molar-refractivity contribution is 0.0409. The third kappa shape index (κ3) is 4.70. The molecule has 0 saturated carbocycles. The van der Waals surface area contributed by atoms with Crippen LogP contribution in [-0.4, -0.2) is 78.8 Å². The Labute approximate surface area is 174 Å². The standard InChI is InChI=1S/C17H19BrFN3O6S/c1-29(26,27)28-7-3-10-9-21(17(24)25)5-6-22(10)16(23)12-8-13(19)14(18)11-2-4-20-15(11)12/h2,4,8,10,20H,3,5-7,9H2,1H3,(H,24,25)/t10-/m0/s1. The van der Waals surface area contributed by atoms with Crippen molar-refractivity contribution in [2.24, 2.45) is 0 Å². The highest BCUT2D eigenvalue weighted by Gasteiger charge is 2.34. The molecule has 1 aromatic heterocycles. The average Bonchev–Trinajstić information content (AvgIpc) is 3.13. The van der Waals surface area contributed by atoms with Gasteiger partial charge in [-0.3, -0.25) is 8.98 Å².